The summed E-state index contributed by atoms with van der Waals surface area (Å²) in [4.78, 5) is 24.2. The Labute approximate surface area is 219 Å². The highest BCUT2D eigenvalue weighted by molar-refractivity contribution is 7.19. The number of halogens is 1. The second-order valence-corrected chi connectivity index (χ2v) is 10.3. The highest BCUT2D eigenvalue weighted by atomic mass is 35.5. The largest absolute Gasteiger partial charge is 0.495 e. The Bertz CT molecular complexity index is 1400. The fourth-order valence-corrected chi connectivity index (χ4v) is 6.11. The predicted molar refractivity (Wildman–Crippen MR) is 145 cm³/mol. The molecule has 0 saturated carbocycles. The van der Waals surface area contributed by atoms with Crippen LogP contribution in [0.4, 0.5) is 5.82 Å². The number of hydrogen-bond acceptors (Lipinski definition) is 7. The zero-order valence-electron chi connectivity index (χ0n) is 20.4. The highest BCUT2D eigenvalue weighted by Crippen LogP contribution is 2.40. The van der Waals surface area contributed by atoms with Gasteiger partial charge in [0.25, 0.3) is 0 Å². The number of esters is 1. The molecular formula is C28H28ClN3O3S. The summed E-state index contributed by atoms with van der Waals surface area (Å²) in [6.45, 7) is 2.78. The molecule has 0 atom stereocenters. The molecule has 1 N–H and O–H groups in total. The minimum absolute atomic E-state index is 0.225. The number of methoxy groups -OCH3 is 1. The zero-order chi connectivity index (χ0) is 25.1. The standard InChI is InChI=1S/C28H28ClN3O3S/c1-3-35-24(33)15-17-8-11-19(12-9-17)26-31-27(30-16-18-10-13-22(34-2)21(29)14-18)25-20-6-4-5-7-23(20)36-28(25)32-26/h8-14H,3-7,15-16H2,1-2H3,(H,30,31,32). The Balaban J connectivity index is 1.48. The Kier molecular flexibility index (Phi) is 7.39. The number of aryl methyl sites for hydroxylation is 2. The number of thiophene rings is 1. The van der Waals surface area contributed by atoms with Gasteiger partial charge in [-0.05, 0) is 61.4 Å². The van der Waals surface area contributed by atoms with E-state index in [0.717, 1.165) is 45.6 Å². The third-order valence-electron chi connectivity index (χ3n) is 6.36. The molecule has 0 unspecified atom stereocenters. The van der Waals surface area contributed by atoms with E-state index >= 15 is 0 Å². The first-order valence-corrected chi connectivity index (χ1v) is 13.4. The van der Waals surface area contributed by atoms with E-state index in [4.69, 9.17) is 31.0 Å². The lowest BCUT2D eigenvalue weighted by Gasteiger charge is -2.14. The molecule has 8 heteroatoms. The Morgan fingerprint density at radius 3 is 2.61 bits per heavy atom. The van der Waals surface area contributed by atoms with Crippen molar-refractivity contribution in [3.8, 4) is 17.1 Å². The van der Waals surface area contributed by atoms with Gasteiger partial charge in [0, 0.05) is 17.0 Å². The molecule has 36 heavy (non-hydrogen) atoms. The first-order chi connectivity index (χ1) is 17.6. The van der Waals surface area contributed by atoms with Crippen molar-refractivity contribution in [3.05, 3.63) is 69.1 Å². The van der Waals surface area contributed by atoms with E-state index in [-0.39, 0.29) is 12.4 Å². The van der Waals surface area contributed by atoms with E-state index in [1.54, 1.807) is 18.4 Å². The van der Waals surface area contributed by atoms with Crippen LogP contribution in [0, 0.1) is 0 Å². The molecule has 0 fully saturated rings. The number of carbonyl (C=O) groups excluding carboxylic acids is 1. The van der Waals surface area contributed by atoms with Crippen LogP contribution >= 0.6 is 22.9 Å². The molecule has 0 bridgehead atoms. The Morgan fingerprint density at radius 1 is 1.08 bits per heavy atom. The molecule has 2 aromatic carbocycles. The summed E-state index contributed by atoms with van der Waals surface area (Å²) in [7, 11) is 1.61. The molecule has 186 valence electrons. The molecule has 2 heterocycles. The average molecular weight is 522 g/mol. The van der Waals surface area contributed by atoms with Crippen LogP contribution in [0.25, 0.3) is 21.6 Å². The molecule has 2 aromatic heterocycles. The van der Waals surface area contributed by atoms with Crippen molar-refractivity contribution >= 4 is 44.9 Å². The summed E-state index contributed by atoms with van der Waals surface area (Å²) < 4.78 is 10.3. The van der Waals surface area contributed by atoms with Crippen LogP contribution in [0.15, 0.2) is 42.5 Å². The smallest absolute Gasteiger partial charge is 0.310 e. The van der Waals surface area contributed by atoms with Crippen molar-refractivity contribution in [2.45, 2.75) is 45.6 Å². The van der Waals surface area contributed by atoms with Gasteiger partial charge in [0.15, 0.2) is 5.82 Å². The molecule has 0 radical (unpaired) electrons. The quantitative estimate of drug-likeness (QED) is 0.263. The van der Waals surface area contributed by atoms with Gasteiger partial charge in [0.1, 0.15) is 16.4 Å². The number of rotatable bonds is 8. The summed E-state index contributed by atoms with van der Waals surface area (Å²) in [5.74, 6) is 1.94. The Morgan fingerprint density at radius 2 is 1.86 bits per heavy atom. The summed E-state index contributed by atoms with van der Waals surface area (Å²) in [5, 5.41) is 5.28. The zero-order valence-corrected chi connectivity index (χ0v) is 22.0. The van der Waals surface area contributed by atoms with Gasteiger partial charge < -0.3 is 14.8 Å². The van der Waals surface area contributed by atoms with E-state index in [9.17, 15) is 4.79 Å². The van der Waals surface area contributed by atoms with Crippen molar-refractivity contribution in [1.82, 2.24) is 9.97 Å². The van der Waals surface area contributed by atoms with Gasteiger partial charge in [-0.25, -0.2) is 9.97 Å². The van der Waals surface area contributed by atoms with Crippen molar-refractivity contribution in [2.24, 2.45) is 0 Å². The molecule has 6 nitrogen and oxygen atoms in total. The van der Waals surface area contributed by atoms with Crippen LogP contribution in [0.2, 0.25) is 5.02 Å². The van der Waals surface area contributed by atoms with E-state index in [0.29, 0.717) is 29.7 Å². The van der Waals surface area contributed by atoms with Gasteiger partial charge >= 0.3 is 5.97 Å². The number of nitrogens with zero attached hydrogens (tertiary/aromatic N) is 2. The number of anilines is 1. The van der Waals surface area contributed by atoms with Gasteiger partial charge in [0.05, 0.1) is 30.5 Å². The van der Waals surface area contributed by atoms with E-state index in [1.807, 2.05) is 49.4 Å². The van der Waals surface area contributed by atoms with Gasteiger partial charge in [0.2, 0.25) is 0 Å². The summed E-state index contributed by atoms with van der Waals surface area (Å²) in [5.41, 5.74) is 4.24. The van der Waals surface area contributed by atoms with Gasteiger partial charge in [-0.1, -0.05) is 41.9 Å². The first kappa shape index (κ1) is 24.5. The molecule has 4 aromatic rings. The summed E-state index contributed by atoms with van der Waals surface area (Å²) >= 11 is 8.12. The minimum atomic E-state index is -0.225. The van der Waals surface area contributed by atoms with Gasteiger partial charge in [-0.15, -0.1) is 11.3 Å². The van der Waals surface area contributed by atoms with Crippen molar-refractivity contribution in [3.63, 3.8) is 0 Å². The van der Waals surface area contributed by atoms with Crippen molar-refractivity contribution in [2.75, 3.05) is 19.0 Å². The average Bonchev–Trinajstić information content (AvgIpc) is 3.26. The number of ether oxygens (including phenoxy) is 2. The number of nitrogens with one attached hydrogen (secondary N) is 1. The Hall–Kier alpha value is -3.16. The van der Waals surface area contributed by atoms with E-state index in [1.165, 1.54) is 23.3 Å². The summed E-state index contributed by atoms with van der Waals surface area (Å²) in [6.07, 6.45) is 4.82. The molecule has 0 spiro atoms. The van der Waals surface area contributed by atoms with Crippen LogP contribution in [0.5, 0.6) is 5.75 Å². The summed E-state index contributed by atoms with van der Waals surface area (Å²) in [6, 6.07) is 13.6. The van der Waals surface area contributed by atoms with Crippen molar-refractivity contribution in [1.29, 1.82) is 0 Å². The SMILES string of the molecule is CCOC(=O)Cc1ccc(-c2nc(NCc3ccc(OC)c(Cl)c3)c3c4c(sc3n2)CCCC4)cc1. The first-order valence-electron chi connectivity index (χ1n) is 12.2. The molecule has 0 saturated heterocycles. The maximum absolute atomic E-state index is 11.8. The lowest BCUT2D eigenvalue weighted by Crippen LogP contribution is -2.07. The molecule has 0 amide bonds. The second-order valence-electron chi connectivity index (χ2n) is 8.79. The topological polar surface area (TPSA) is 73.3 Å². The maximum Gasteiger partial charge on any atom is 0.310 e. The number of aromatic nitrogens is 2. The number of fused-ring (bicyclic) bond motifs is 3. The van der Waals surface area contributed by atoms with Crippen LogP contribution in [0.1, 0.15) is 41.3 Å². The lowest BCUT2D eigenvalue weighted by atomic mass is 9.97. The monoisotopic (exact) mass is 521 g/mol. The highest BCUT2D eigenvalue weighted by Gasteiger charge is 2.21. The van der Waals surface area contributed by atoms with Crippen LogP contribution in [-0.2, 0) is 35.3 Å². The third kappa shape index (κ3) is 5.18. The van der Waals surface area contributed by atoms with Crippen LogP contribution < -0.4 is 10.1 Å². The van der Waals surface area contributed by atoms with Crippen LogP contribution in [0.3, 0.4) is 0 Å². The lowest BCUT2D eigenvalue weighted by molar-refractivity contribution is -0.142. The third-order valence-corrected chi connectivity index (χ3v) is 7.84. The fraction of sp³-hybridized carbons (Fsp3) is 0.321. The number of benzene rings is 2. The van der Waals surface area contributed by atoms with E-state index in [2.05, 4.69) is 5.32 Å². The maximum atomic E-state index is 11.8. The van der Waals surface area contributed by atoms with Gasteiger partial charge in [-0.3, -0.25) is 4.79 Å². The van der Waals surface area contributed by atoms with E-state index < -0.39 is 0 Å². The molecule has 5 rings (SSSR count). The minimum Gasteiger partial charge on any atom is -0.495 e. The van der Waals surface area contributed by atoms with Gasteiger partial charge in [-0.2, -0.15) is 0 Å². The molecule has 1 aliphatic carbocycles. The molecular weight excluding hydrogens is 494 g/mol. The predicted octanol–water partition coefficient (Wildman–Crippen LogP) is 6.62. The molecule has 1 aliphatic rings. The normalized spacial score (nSPS) is 12.9. The molecule has 0 aliphatic heterocycles. The number of carbonyl (C=O) groups is 1. The second kappa shape index (κ2) is 10.8. The number of hydrogen-bond donors (Lipinski definition) is 1. The van der Waals surface area contributed by atoms with Crippen LogP contribution in [-0.4, -0.2) is 29.7 Å². The fourth-order valence-electron chi connectivity index (χ4n) is 4.57. The van der Waals surface area contributed by atoms with Crippen molar-refractivity contribution < 1.29 is 14.3 Å².